The number of aliphatic carboxylic acids is 1. The molecule has 106 valence electrons. The molecular weight excluding hydrogens is 242 g/mol. The molecule has 1 fully saturated rings. The minimum atomic E-state index is -0.691. The molecule has 0 spiro atoms. The number of nitrogens with zero attached hydrogens (tertiary/aromatic N) is 3. The third kappa shape index (κ3) is 3.56. The van der Waals surface area contributed by atoms with Crippen LogP contribution in [-0.4, -0.2) is 44.9 Å². The summed E-state index contributed by atoms with van der Waals surface area (Å²) in [7, 11) is 0. The predicted octanol–water partition coefficient (Wildman–Crippen LogP) is 1.77. The van der Waals surface area contributed by atoms with E-state index < -0.39 is 5.97 Å². The number of hydrogen-bond acceptors (Lipinski definition) is 3. The Morgan fingerprint density at radius 2 is 2.21 bits per heavy atom. The van der Waals surface area contributed by atoms with E-state index in [0.29, 0.717) is 12.3 Å². The highest BCUT2D eigenvalue weighted by atomic mass is 16.4. The van der Waals surface area contributed by atoms with E-state index in [2.05, 4.69) is 16.2 Å². The molecule has 1 saturated heterocycles. The van der Waals surface area contributed by atoms with Crippen molar-refractivity contribution in [3.63, 3.8) is 0 Å². The number of aromatic nitrogens is 2. The lowest BCUT2D eigenvalue weighted by Crippen LogP contribution is -2.45. The van der Waals surface area contributed by atoms with Crippen LogP contribution in [0.3, 0.4) is 0 Å². The maximum atomic E-state index is 11.1. The Morgan fingerprint density at radius 3 is 2.68 bits per heavy atom. The Balaban J connectivity index is 1.83. The van der Waals surface area contributed by atoms with Crippen LogP contribution in [0.15, 0.2) is 12.4 Å². The average molecular weight is 265 g/mol. The van der Waals surface area contributed by atoms with E-state index in [1.165, 1.54) is 5.56 Å². The number of piperidine rings is 1. The molecule has 0 aromatic carbocycles. The van der Waals surface area contributed by atoms with Gasteiger partial charge in [-0.3, -0.25) is 14.4 Å². The van der Waals surface area contributed by atoms with E-state index >= 15 is 0 Å². The highest BCUT2D eigenvalue weighted by molar-refractivity contribution is 5.73. The zero-order valence-electron chi connectivity index (χ0n) is 11.7. The average Bonchev–Trinajstić information content (AvgIpc) is 2.77. The van der Waals surface area contributed by atoms with Crippen molar-refractivity contribution in [2.45, 2.75) is 45.7 Å². The second kappa shape index (κ2) is 6.19. The van der Waals surface area contributed by atoms with Crippen LogP contribution in [-0.2, 0) is 11.3 Å². The topological polar surface area (TPSA) is 58.4 Å². The van der Waals surface area contributed by atoms with E-state index in [9.17, 15) is 9.90 Å². The minimum Gasteiger partial charge on any atom is -0.480 e. The molecule has 1 aromatic heterocycles. The standard InChI is InChI=1S/C14H23N3O2/c1-3-13(14(18)19)16-6-4-12(5-7-16)10-17-9-11(2)8-15-17/h8-9,12-13H,3-7,10H2,1-2H3,(H,18,19). The summed E-state index contributed by atoms with van der Waals surface area (Å²) in [6.45, 7) is 6.71. The van der Waals surface area contributed by atoms with Gasteiger partial charge in [0.25, 0.3) is 0 Å². The Hall–Kier alpha value is -1.36. The summed E-state index contributed by atoms with van der Waals surface area (Å²) in [5.41, 5.74) is 1.19. The summed E-state index contributed by atoms with van der Waals surface area (Å²) in [6.07, 6.45) is 6.74. The van der Waals surface area contributed by atoms with Gasteiger partial charge in [0.1, 0.15) is 6.04 Å². The van der Waals surface area contributed by atoms with Crippen LogP contribution in [0.25, 0.3) is 0 Å². The normalized spacial score (nSPS) is 19.5. The highest BCUT2D eigenvalue weighted by Crippen LogP contribution is 2.21. The van der Waals surface area contributed by atoms with Crippen LogP contribution >= 0.6 is 0 Å². The molecule has 1 N–H and O–H groups in total. The smallest absolute Gasteiger partial charge is 0.320 e. The summed E-state index contributed by atoms with van der Waals surface area (Å²) in [4.78, 5) is 13.3. The number of rotatable bonds is 5. The van der Waals surface area contributed by atoms with E-state index in [1.807, 2.05) is 24.7 Å². The Kier molecular flexibility index (Phi) is 4.58. The summed E-state index contributed by atoms with van der Waals surface area (Å²) in [6, 6.07) is -0.312. The van der Waals surface area contributed by atoms with Crippen LogP contribution in [0.1, 0.15) is 31.7 Å². The molecule has 0 bridgehead atoms. The maximum Gasteiger partial charge on any atom is 0.320 e. The van der Waals surface area contributed by atoms with Crippen LogP contribution in [0.5, 0.6) is 0 Å². The summed E-state index contributed by atoms with van der Waals surface area (Å²) in [5.74, 6) is -0.0782. The molecule has 5 heteroatoms. The van der Waals surface area contributed by atoms with Crippen molar-refractivity contribution in [3.05, 3.63) is 18.0 Å². The number of carboxylic acid groups (broad SMARTS) is 1. The molecule has 5 nitrogen and oxygen atoms in total. The molecule has 0 saturated carbocycles. The quantitative estimate of drug-likeness (QED) is 0.881. The third-order valence-electron chi connectivity index (χ3n) is 3.97. The fourth-order valence-corrected chi connectivity index (χ4v) is 2.87. The van der Waals surface area contributed by atoms with Gasteiger partial charge in [0.2, 0.25) is 0 Å². The zero-order chi connectivity index (χ0) is 13.8. The van der Waals surface area contributed by atoms with Gasteiger partial charge < -0.3 is 5.11 Å². The van der Waals surface area contributed by atoms with E-state index in [-0.39, 0.29) is 6.04 Å². The molecule has 2 heterocycles. The molecule has 0 amide bonds. The van der Waals surface area contributed by atoms with Gasteiger partial charge in [-0.25, -0.2) is 0 Å². The van der Waals surface area contributed by atoms with Crippen molar-refractivity contribution < 1.29 is 9.90 Å². The van der Waals surface area contributed by atoms with E-state index in [1.54, 1.807) is 0 Å². The molecule has 1 atom stereocenters. The van der Waals surface area contributed by atoms with Crippen LogP contribution < -0.4 is 0 Å². The fraction of sp³-hybridized carbons (Fsp3) is 0.714. The first-order valence-electron chi connectivity index (χ1n) is 7.06. The van der Waals surface area contributed by atoms with Gasteiger partial charge in [-0.15, -0.1) is 0 Å². The number of carboxylic acids is 1. The molecule has 1 aromatic rings. The van der Waals surface area contributed by atoms with Crippen LogP contribution in [0.2, 0.25) is 0 Å². The largest absolute Gasteiger partial charge is 0.480 e. The molecule has 1 unspecified atom stereocenters. The molecule has 19 heavy (non-hydrogen) atoms. The van der Waals surface area contributed by atoms with Gasteiger partial charge in [-0.1, -0.05) is 6.92 Å². The number of hydrogen-bond donors (Lipinski definition) is 1. The van der Waals surface area contributed by atoms with Crippen LogP contribution in [0, 0.1) is 12.8 Å². The Bertz CT molecular complexity index is 422. The number of likely N-dealkylation sites (tertiary alicyclic amines) is 1. The zero-order valence-corrected chi connectivity index (χ0v) is 11.7. The van der Waals surface area contributed by atoms with Crippen molar-refractivity contribution >= 4 is 5.97 Å². The van der Waals surface area contributed by atoms with E-state index in [4.69, 9.17) is 0 Å². The molecule has 0 aliphatic carbocycles. The summed E-state index contributed by atoms with van der Waals surface area (Å²) in [5, 5.41) is 13.5. The Morgan fingerprint density at radius 1 is 1.53 bits per heavy atom. The molecule has 2 rings (SSSR count). The SMILES string of the molecule is CCC(C(=O)O)N1CCC(Cn2cc(C)cn2)CC1. The predicted molar refractivity (Wildman–Crippen MR) is 73.0 cm³/mol. The van der Waals surface area contributed by atoms with Crippen molar-refractivity contribution in [1.82, 2.24) is 14.7 Å². The van der Waals surface area contributed by atoms with Gasteiger partial charge in [0, 0.05) is 12.7 Å². The Labute approximate surface area is 114 Å². The summed E-state index contributed by atoms with van der Waals surface area (Å²) >= 11 is 0. The van der Waals surface area contributed by atoms with Crippen molar-refractivity contribution in [2.75, 3.05) is 13.1 Å². The first kappa shape index (κ1) is 14.1. The minimum absolute atomic E-state index is 0.312. The second-order valence-electron chi connectivity index (χ2n) is 5.48. The number of aryl methyl sites for hydroxylation is 1. The third-order valence-corrected chi connectivity index (χ3v) is 3.97. The van der Waals surface area contributed by atoms with Gasteiger partial charge in [-0.2, -0.15) is 5.10 Å². The molecular formula is C14H23N3O2. The van der Waals surface area contributed by atoms with Crippen molar-refractivity contribution in [3.8, 4) is 0 Å². The fourth-order valence-electron chi connectivity index (χ4n) is 2.87. The maximum absolute atomic E-state index is 11.1. The molecule has 1 aliphatic heterocycles. The van der Waals surface area contributed by atoms with Crippen molar-refractivity contribution in [1.29, 1.82) is 0 Å². The monoisotopic (exact) mass is 265 g/mol. The lowest BCUT2D eigenvalue weighted by Gasteiger charge is -2.35. The van der Waals surface area contributed by atoms with E-state index in [0.717, 1.165) is 32.5 Å². The first-order valence-corrected chi connectivity index (χ1v) is 7.06. The second-order valence-corrected chi connectivity index (χ2v) is 5.48. The lowest BCUT2D eigenvalue weighted by atomic mass is 9.95. The molecule has 0 radical (unpaired) electrons. The lowest BCUT2D eigenvalue weighted by molar-refractivity contribution is -0.144. The van der Waals surface area contributed by atoms with Gasteiger partial charge in [0.05, 0.1) is 6.20 Å². The van der Waals surface area contributed by atoms with Gasteiger partial charge in [-0.05, 0) is 50.8 Å². The van der Waals surface area contributed by atoms with Crippen LogP contribution in [0.4, 0.5) is 0 Å². The first-order chi connectivity index (χ1) is 9.10. The van der Waals surface area contributed by atoms with Crippen molar-refractivity contribution in [2.24, 2.45) is 5.92 Å². The number of carbonyl (C=O) groups is 1. The highest BCUT2D eigenvalue weighted by Gasteiger charge is 2.28. The van der Waals surface area contributed by atoms with Gasteiger partial charge >= 0.3 is 5.97 Å². The summed E-state index contributed by atoms with van der Waals surface area (Å²) < 4.78 is 2.00. The van der Waals surface area contributed by atoms with Gasteiger partial charge in [0.15, 0.2) is 0 Å². The molecule has 1 aliphatic rings.